The minimum Gasteiger partial charge on any atom is -0.326 e. The molecular weight excluding hydrogens is 446 g/mol. The molecule has 0 aromatic heterocycles. The second kappa shape index (κ2) is 7.06. The van der Waals surface area contributed by atoms with Crippen LogP contribution in [0.25, 0.3) is 0 Å². The van der Waals surface area contributed by atoms with E-state index in [1.165, 1.54) is 23.1 Å². The average molecular weight is 459 g/mol. The first-order valence-corrected chi connectivity index (χ1v) is 8.71. The van der Waals surface area contributed by atoms with Crippen molar-refractivity contribution < 1.29 is 14.0 Å². The van der Waals surface area contributed by atoms with Crippen LogP contribution in [-0.2, 0) is 9.59 Å². The van der Waals surface area contributed by atoms with Crippen molar-refractivity contribution in [2.24, 2.45) is 5.92 Å². The number of benzene rings is 2. The van der Waals surface area contributed by atoms with Crippen LogP contribution < -0.4 is 10.2 Å². The molecule has 1 N–H and O–H groups in total. The molecule has 0 saturated carbocycles. The molecule has 0 bridgehead atoms. The summed E-state index contributed by atoms with van der Waals surface area (Å²) in [5, 5.41) is 2.77. The van der Waals surface area contributed by atoms with Gasteiger partial charge in [-0.25, -0.2) is 4.39 Å². The quantitative estimate of drug-likeness (QED) is 0.705. The Morgan fingerprint density at radius 1 is 1.25 bits per heavy atom. The van der Waals surface area contributed by atoms with Crippen LogP contribution in [-0.4, -0.2) is 18.4 Å². The SMILES string of the molecule is O=C(Nc1ccc(I)cc1)C1CC(=O)N(c2ccc(F)c(Cl)c2)C1. The Balaban J connectivity index is 1.70. The van der Waals surface area contributed by atoms with Gasteiger partial charge in [-0.3, -0.25) is 9.59 Å². The fraction of sp³-hybridized carbons (Fsp3) is 0.176. The molecule has 2 amide bonds. The van der Waals surface area contributed by atoms with Gasteiger partial charge in [-0.05, 0) is 65.1 Å². The Morgan fingerprint density at radius 2 is 1.96 bits per heavy atom. The molecule has 0 spiro atoms. The fourth-order valence-corrected chi connectivity index (χ4v) is 3.10. The normalized spacial score (nSPS) is 17.2. The fourth-order valence-electron chi connectivity index (χ4n) is 2.56. The summed E-state index contributed by atoms with van der Waals surface area (Å²) in [6, 6.07) is 11.5. The van der Waals surface area contributed by atoms with Gasteiger partial charge in [-0.15, -0.1) is 0 Å². The van der Waals surface area contributed by atoms with Crippen LogP contribution in [0.4, 0.5) is 15.8 Å². The van der Waals surface area contributed by atoms with Crippen LogP contribution in [0.2, 0.25) is 5.02 Å². The molecule has 2 aromatic carbocycles. The number of nitrogens with one attached hydrogen (secondary N) is 1. The molecule has 1 saturated heterocycles. The third-order valence-corrected chi connectivity index (χ3v) is 4.83. The second-order valence-electron chi connectivity index (χ2n) is 5.50. The van der Waals surface area contributed by atoms with Crippen LogP contribution >= 0.6 is 34.2 Å². The number of halogens is 3. The summed E-state index contributed by atoms with van der Waals surface area (Å²) in [5.74, 6) is -1.39. The van der Waals surface area contributed by atoms with Gasteiger partial charge in [0.1, 0.15) is 5.82 Å². The standard InChI is InChI=1S/C17H13ClFIN2O2/c18-14-8-13(5-6-15(14)19)22-9-10(7-16(22)23)17(24)21-12-3-1-11(20)2-4-12/h1-6,8,10H,7,9H2,(H,21,24). The lowest BCUT2D eigenvalue weighted by atomic mass is 10.1. The third-order valence-electron chi connectivity index (χ3n) is 3.82. The maximum absolute atomic E-state index is 13.3. The van der Waals surface area contributed by atoms with E-state index in [4.69, 9.17) is 11.6 Å². The molecule has 1 aliphatic heterocycles. The Labute approximate surface area is 157 Å². The van der Waals surface area contributed by atoms with Gasteiger partial charge in [0.05, 0.1) is 10.9 Å². The van der Waals surface area contributed by atoms with Crippen molar-refractivity contribution in [3.63, 3.8) is 0 Å². The van der Waals surface area contributed by atoms with Gasteiger partial charge in [-0.2, -0.15) is 0 Å². The summed E-state index contributed by atoms with van der Waals surface area (Å²) >= 11 is 7.95. The monoisotopic (exact) mass is 458 g/mol. The van der Waals surface area contributed by atoms with Gasteiger partial charge in [0, 0.05) is 27.9 Å². The molecule has 1 aliphatic rings. The number of amides is 2. The summed E-state index contributed by atoms with van der Waals surface area (Å²) in [6.07, 6.45) is 0.116. The van der Waals surface area contributed by atoms with E-state index >= 15 is 0 Å². The number of rotatable bonds is 3. The maximum atomic E-state index is 13.3. The molecule has 0 radical (unpaired) electrons. The van der Waals surface area contributed by atoms with E-state index in [9.17, 15) is 14.0 Å². The second-order valence-corrected chi connectivity index (χ2v) is 7.15. The number of carbonyl (C=O) groups excluding carboxylic acids is 2. The molecule has 7 heteroatoms. The maximum Gasteiger partial charge on any atom is 0.229 e. The number of carbonyl (C=O) groups is 2. The van der Waals surface area contributed by atoms with Crippen molar-refractivity contribution in [3.8, 4) is 0 Å². The first-order valence-electron chi connectivity index (χ1n) is 7.26. The molecule has 24 heavy (non-hydrogen) atoms. The summed E-state index contributed by atoms with van der Waals surface area (Å²) < 4.78 is 14.3. The lowest BCUT2D eigenvalue weighted by Crippen LogP contribution is -2.28. The number of nitrogens with zero attached hydrogens (tertiary/aromatic N) is 1. The van der Waals surface area contributed by atoms with Crippen LogP contribution in [0.5, 0.6) is 0 Å². The van der Waals surface area contributed by atoms with E-state index in [0.29, 0.717) is 11.4 Å². The Hall–Kier alpha value is -1.67. The van der Waals surface area contributed by atoms with Crippen molar-refractivity contribution >= 4 is 57.4 Å². The molecule has 1 atom stereocenters. The topological polar surface area (TPSA) is 49.4 Å². The molecular formula is C17H13ClFIN2O2. The summed E-state index contributed by atoms with van der Waals surface area (Å²) in [6.45, 7) is 0.247. The van der Waals surface area contributed by atoms with Gasteiger partial charge in [-0.1, -0.05) is 11.6 Å². The molecule has 124 valence electrons. The first kappa shape index (κ1) is 17.2. The summed E-state index contributed by atoms with van der Waals surface area (Å²) in [7, 11) is 0. The van der Waals surface area contributed by atoms with E-state index in [1.807, 2.05) is 24.3 Å². The first-order chi connectivity index (χ1) is 11.4. The Morgan fingerprint density at radius 3 is 2.62 bits per heavy atom. The highest BCUT2D eigenvalue weighted by Crippen LogP contribution is 2.29. The molecule has 4 nitrogen and oxygen atoms in total. The number of hydrogen-bond donors (Lipinski definition) is 1. The number of hydrogen-bond acceptors (Lipinski definition) is 2. The van der Waals surface area contributed by atoms with E-state index in [1.54, 1.807) is 0 Å². The minimum atomic E-state index is -0.542. The van der Waals surface area contributed by atoms with E-state index < -0.39 is 11.7 Å². The predicted molar refractivity (Wildman–Crippen MR) is 99.7 cm³/mol. The molecule has 3 rings (SSSR count). The summed E-state index contributed by atoms with van der Waals surface area (Å²) in [5.41, 5.74) is 1.19. The Kier molecular flexibility index (Phi) is 5.05. The molecule has 2 aromatic rings. The van der Waals surface area contributed by atoms with Crippen molar-refractivity contribution in [3.05, 3.63) is 56.9 Å². The molecule has 1 fully saturated rings. The molecule has 1 unspecified atom stereocenters. The zero-order valence-corrected chi connectivity index (χ0v) is 15.3. The number of anilines is 2. The van der Waals surface area contributed by atoms with Crippen molar-refractivity contribution in [2.45, 2.75) is 6.42 Å². The smallest absolute Gasteiger partial charge is 0.229 e. The largest absolute Gasteiger partial charge is 0.326 e. The van der Waals surface area contributed by atoms with Gasteiger partial charge in [0.2, 0.25) is 11.8 Å². The van der Waals surface area contributed by atoms with Gasteiger partial charge in [0.25, 0.3) is 0 Å². The highest BCUT2D eigenvalue weighted by Gasteiger charge is 2.35. The average Bonchev–Trinajstić information content (AvgIpc) is 2.94. The predicted octanol–water partition coefficient (Wildman–Crippen LogP) is 4.08. The Bertz CT molecular complexity index is 798. The minimum absolute atomic E-state index is 0.0490. The zero-order chi connectivity index (χ0) is 17.3. The lowest BCUT2D eigenvalue weighted by molar-refractivity contribution is -0.122. The van der Waals surface area contributed by atoms with E-state index in [0.717, 1.165) is 3.57 Å². The van der Waals surface area contributed by atoms with Crippen LogP contribution in [0.1, 0.15) is 6.42 Å². The van der Waals surface area contributed by atoms with Gasteiger partial charge < -0.3 is 10.2 Å². The van der Waals surface area contributed by atoms with E-state index in [2.05, 4.69) is 27.9 Å². The highest BCUT2D eigenvalue weighted by atomic mass is 127. The van der Waals surface area contributed by atoms with E-state index in [-0.39, 0.29) is 29.8 Å². The van der Waals surface area contributed by atoms with Crippen LogP contribution in [0, 0.1) is 15.3 Å². The molecule has 1 heterocycles. The van der Waals surface area contributed by atoms with Crippen molar-refractivity contribution in [1.29, 1.82) is 0 Å². The molecule has 0 aliphatic carbocycles. The lowest BCUT2D eigenvalue weighted by Gasteiger charge is -2.17. The van der Waals surface area contributed by atoms with Gasteiger partial charge >= 0.3 is 0 Å². The highest BCUT2D eigenvalue weighted by molar-refractivity contribution is 14.1. The van der Waals surface area contributed by atoms with Crippen LogP contribution in [0.15, 0.2) is 42.5 Å². The zero-order valence-electron chi connectivity index (χ0n) is 12.4. The van der Waals surface area contributed by atoms with Crippen molar-refractivity contribution in [2.75, 3.05) is 16.8 Å². The summed E-state index contributed by atoms with van der Waals surface area (Å²) in [4.78, 5) is 26.0. The van der Waals surface area contributed by atoms with Crippen molar-refractivity contribution in [1.82, 2.24) is 0 Å². The van der Waals surface area contributed by atoms with Gasteiger partial charge in [0.15, 0.2) is 0 Å². The third kappa shape index (κ3) is 3.70. The van der Waals surface area contributed by atoms with Crippen LogP contribution in [0.3, 0.4) is 0 Å².